The van der Waals surface area contributed by atoms with Gasteiger partial charge in [0.05, 0.1) is 5.69 Å². The third-order valence-electron chi connectivity index (χ3n) is 5.97. The largest absolute Gasteiger partial charge is 0.466 e. The number of nitrogens with zero attached hydrogens (tertiary/aromatic N) is 1. The van der Waals surface area contributed by atoms with E-state index in [4.69, 9.17) is 15.2 Å². The van der Waals surface area contributed by atoms with E-state index in [0.29, 0.717) is 11.4 Å². The van der Waals surface area contributed by atoms with E-state index in [1.54, 1.807) is 36.4 Å². The Morgan fingerprint density at radius 2 is 1.70 bits per heavy atom. The highest BCUT2D eigenvalue weighted by molar-refractivity contribution is 6.16. The first-order chi connectivity index (χ1) is 17.5. The number of hydrogen-bond acceptors (Lipinski definition) is 7. The van der Waals surface area contributed by atoms with Gasteiger partial charge in [-0.05, 0) is 38.0 Å². The van der Waals surface area contributed by atoms with Crippen molar-refractivity contribution in [2.75, 3.05) is 11.9 Å². The zero-order chi connectivity index (χ0) is 27.2. The Bertz CT molecular complexity index is 1190. The SMILES string of the molecule is C[C@@H](NC(=O)C1(C)Oc2ccccc2N(C)C1=O)C(=O)N[C@H](CCC(=O)OCc1ccccc1)C(N)=O. The third-order valence-corrected chi connectivity index (χ3v) is 5.97. The van der Waals surface area contributed by atoms with Gasteiger partial charge in [0, 0.05) is 13.5 Å². The molecule has 0 bridgehead atoms. The van der Waals surface area contributed by atoms with E-state index in [1.165, 1.54) is 25.8 Å². The van der Waals surface area contributed by atoms with Gasteiger partial charge in [0.15, 0.2) is 0 Å². The molecule has 0 radical (unpaired) electrons. The summed E-state index contributed by atoms with van der Waals surface area (Å²) in [7, 11) is 1.52. The van der Waals surface area contributed by atoms with Crippen LogP contribution in [0.1, 0.15) is 32.3 Å². The van der Waals surface area contributed by atoms with Gasteiger partial charge in [0.2, 0.25) is 11.8 Å². The van der Waals surface area contributed by atoms with Gasteiger partial charge < -0.3 is 30.7 Å². The molecule has 2 aromatic carbocycles. The number of likely N-dealkylation sites (N-methyl/N-ethyl adjacent to an activating group) is 1. The molecule has 11 nitrogen and oxygen atoms in total. The number of amides is 4. The molecule has 3 atom stereocenters. The average Bonchev–Trinajstić information content (AvgIpc) is 2.88. The van der Waals surface area contributed by atoms with E-state index >= 15 is 0 Å². The Morgan fingerprint density at radius 1 is 1.05 bits per heavy atom. The van der Waals surface area contributed by atoms with Gasteiger partial charge >= 0.3 is 5.97 Å². The summed E-state index contributed by atoms with van der Waals surface area (Å²) in [6, 6.07) is 13.5. The van der Waals surface area contributed by atoms with Crippen molar-refractivity contribution < 1.29 is 33.4 Å². The Kier molecular flexibility index (Phi) is 8.49. The van der Waals surface area contributed by atoms with Gasteiger partial charge in [0.25, 0.3) is 17.4 Å². The number of fused-ring (bicyclic) bond motifs is 1. The minimum Gasteiger partial charge on any atom is -0.466 e. The van der Waals surface area contributed by atoms with Crippen LogP contribution >= 0.6 is 0 Å². The second-order valence-electron chi connectivity index (χ2n) is 8.81. The highest BCUT2D eigenvalue weighted by atomic mass is 16.5. The van der Waals surface area contributed by atoms with Crippen LogP contribution in [0.15, 0.2) is 54.6 Å². The second-order valence-corrected chi connectivity index (χ2v) is 8.81. The molecule has 0 saturated heterocycles. The van der Waals surface area contributed by atoms with Crippen LogP contribution in [0.4, 0.5) is 5.69 Å². The van der Waals surface area contributed by atoms with Crippen LogP contribution in [0, 0.1) is 0 Å². The zero-order valence-electron chi connectivity index (χ0n) is 20.9. The van der Waals surface area contributed by atoms with Gasteiger partial charge in [-0.15, -0.1) is 0 Å². The van der Waals surface area contributed by atoms with Crippen molar-refractivity contribution in [3.63, 3.8) is 0 Å². The molecule has 1 heterocycles. The van der Waals surface area contributed by atoms with Gasteiger partial charge in [-0.3, -0.25) is 24.0 Å². The molecular formula is C26H30N4O7. The molecular weight excluding hydrogens is 480 g/mol. The van der Waals surface area contributed by atoms with Crippen LogP contribution in [0.3, 0.4) is 0 Å². The lowest BCUT2D eigenvalue weighted by atomic mass is 10.00. The second kappa shape index (κ2) is 11.5. The van der Waals surface area contributed by atoms with E-state index in [9.17, 15) is 24.0 Å². The number of rotatable bonds is 10. The van der Waals surface area contributed by atoms with Gasteiger partial charge in [-0.1, -0.05) is 42.5 Å². The van der Waals surface area contributed by atoms with E-state index in [0.717, 1.165) is 5.56 Å². The molecule has 3 rings (SSSR count). The molecule has 0 fully saturated rings. The summed E-state index contributed by atoms with van der Waals surface area (Å²) in [4.78, 5) is 63.8. The Balaban J connectivity index is 1.55. The van der Waals surface area contributed by atoms with Crippen molar-refractivity contribution in [2.24, 2.45) is 5.73 Å². The molecule has 4 N–H and O–H groups in total. The first-order valence-electron chi connectivity index (χ1n) is 11.7. The van der Waals surface area contributed by atoms with Crippen LogP contribution < -0.4 is 26.0 Å². The van der Waals surface area contributed by atoms with Crippen molar-refractivity contribution in [1.29, 1.82) is 0 Å². The van der Waals surface area contributed by atoms with Gasteiger partial charge in [-0.25, -0.2) is 0 Å². The molecule has 37 heavy (non-hydrogen) atoms. The van der Waals surface area contributed by atoms with Crippen molar-refractivity contribution in [3.05, 3.63) is 60.2 Å². The number of hydrogen-bond donors (Lipinski definition) is 3. The molecule has 0 aliphatic carbocycles. The van der Waals surface area contributed by atoms with Crippen LogP contribution in [-0.2, 0) is 35.3 Å². The normalized spacial score (nSPS) is 18.0. The summed E-state index contributed by atoms with van der Waals surface area (Å²) in [5, 5.41) is 4.88. The first-order valence-corrected chi connectivity index (χ1v) is 11.7. The summed E-state index contributed by atoms with van der Waals surface area (Å²) < 4.78 is 10.9. The topological polar surface area (TPSA) is 157 Å². The number of primary amides is 1. The molecule has 1 unspecified atom stereocenters. The summed E-state index contributed by atoms with van der Waals surface area (Å²) in [5.74, 6) is -3.24. The van der Waals surface area contributed by atoms with Crippen molar-refractivity contribution in [2.45, 2.75) is 51.0 Å². The maximum atomic E-state index is 13.0. The zero-order valence-corrected chi connectivity index (χ0v) is 20.9. The number of para-hydroxylation sites is 2. The molecule has 0 aromatic heterocycles. The quantitative estimate of drug-likeness (QED) is 0.315. The predicted molar refractivity (Wildman–Crippen MR) is 133 cm³/mol. The smallest absolute Gasteiger partial charge is 0.306 e. The molecule has 1 aliphatic rings. The lowest BCUT2D eigenvalue weighted by molar-refractivity contribution is -0.149. The molecule has 11 heteroatoms. The molecule has 0 saturated carbocycles. The molecule has 196 valence electrons. The fourth-order valence-electron chi connectivity index (χ4n) is 3.71. The summed E-state index contributed by atoms with van der Waals surface area (Å²) >= 11 is 0. The number of esters is 1. The van der Waals surface area contributed by atoms with E-state index in [-0.39, 0.29) is 19.4 Å². The maximum Gasteiger partial charge on any atom is 0.306 e. The van der Waals surface area contributed by atoms with E-state index < -0.39 is 47.3 Å². The monoisotopic (exact) mass is 510 g/mol. The highest BCUT2D eigenvalue weighted by Gasteiger charge is 2.50. The Hall–Kier alpha value is -4.41. The molecule has 0 spiro atoms. The van der Waals surface area contributed by atoms with Crippen LogP contribution in [0.25, 0.3) is 0 Å². The summed E-state index contributed by atoms with van der Waals surface area (Å²) in [6.45, 7) is 2.78. The number of benzene rings is 2. The fourth-order valence-corrected chi connectivity index (χ4v) is 3.71. The van der Waals surface area contributed by atoms with Crippen molar-refractivity contribution >= 4 is 35.3 Å². The predicted octanol–water partition coefficient (Wildman–Crippen LogP) is 0.799. The minimum absolute atomic E-state index is 0.0789. The van der Waals surface area contributed by atoms with E-state index in [2.05, 4.69) is 10.6 Å². The average molecular weight is 511 g/mol. The van der Waals surface area contributed by atoms with Crippen LogP contribution in [0.2, 0.25) is 0 Å². The molecule has 1 aliphatic heterocycles. The minimum atomic E-state index is -1.91. The number of carbonyl (C=O) groups is 5. The summed E-state index contributed by atoms with van der Waals surface area (Å²) in [6.07, 6.45) is -0.246. The van der Waals surface area contributed by atoms with Crippen molar-refractivity contribution in [3.8, 4) is 5.75 Å². The molecule has 4 amide bonds. The number of nitrogens with one attached hydrogen (secondary N) is 2. The van der Waals surface area contributed by atoms with Crippen LogP contribution in [-0.4, -0.2) is 54.3 Å². The standard InChI is InChI=1S/C26H30N4O7/c1-16(28-24(34)26(2)25(35)30(3)19-11-7-8-12-20(19)37-26)23(33)29-18(22(27)32)13-14-21(31)36-15-17-9-5-4-6-10-17/h4-12,16,18H,13-15H2,1-3H3,(H2,27,32)(H,28,34)(H,29,33)/t16-,18-,26?/m1/s1. The number of carbonyl (C=O) groups excluding carboxylic acids is 5. The third kappa shape index (κ3) is 6.43. The number of ether oxygens (including phenoxy) is 2. The lowest BCUT2D eigenvalue weighted by Gasteiger charge is -2.38. The number of anilines is 1. The van der Waals surface area contributed by atoms with Gasteiger partial charge in [-0.2, -0.15) is 0 Å². The van der Waals surface area contributed by atoms with Crippen LogP contribution in [0.5, 0.6) is 5.75 Å². The summed E-state index contributed by atoms with van der Waals surface area (Å²) in [5.41, 5.74) is 4.80. The fraction of sp³-hybridized carbons (Fsp3) is 0.346. The van der Waals surface area contributed by atoms with E-state index in [1.807, 2.05) is 18.2 Å². The highest BCUT2D eigenvalue weighted by Crippen LogP contribution is 2.36. The Morgan fingerprint density at radius 3 is 2.38 bits per heavy atom. The first kappa shape index (κ1) is 27.2. The maximum absolute atomic E-state index is 13.0. The number of nitrogens with two attached hydrogens (primary N) is 1. The molecule has 2 aromatic rings. The van der Waals surface area contributed by atoms with Crippen molar-refractivity contribution in [1.82, 2.24) is 10.6 Å². The van der Waals surface area contributed by atoms with Gasteiger partial charge in [0.1, 0.15) is 24.4 Å². The Labute approximate surface area is 214 Å². The lowest BCUT2D eigenvalue weighted by Crippen LogP contribution is -2.64.